The van der Waals surface area contributed by atoms with Crippen LogP contribution in [-0.4, -0.2) is 16.1 Å². The molecule has 0 spiro atoms. The summed E-state index contributed by atoms with van der Waals surface area (Å²) in [6.07, 6.45) is 6.78. The van der Waals surface area contributed by atoms with Gasteiger partial charge in [0.05, 0.1) is 11.6 Å². The van der Waals surface area contributed by atoms with Gasteiger partial charge in [-0.05, 0) is 67.9 Å². The monoisotopic (exact) mass is 348 g/mol. The number of halogens is 2. The molecule has 1 saturated carbocycles. The zero-order valence-corrected chi connectivity index (χ0v) is 14.4. The van der Waals surface area contributed by atoms with Gasteiger partial charge in [-0.2, -0.15) is 0 Å². The van der Waals surface area contributed by atoms with Gasteiger partial charge in [0.2, 0.25) is 0 Å². The van der Waals surface area contributed by atoms with Crippen LogP contribution in [0.3, 0.4) is 0 Å². The van der Waals surface area contributed by atoms with Gasteiger partial charge < -0.3 is 0 Å². The van der Waals surface area contributed by atoms with E-state index in [2.05, 4.69) is 11.6 Å². The molecule has 4 nitrogen and oxygen atoms in total. The minimum absolute atomic E-state index is 0.130. The molecule has 1 amide bonds. The van der Waals surface area contributed by atoms with E-state index in [0.29, 0.717) is 30.4 Å². The lowest BCUT2D eigenvalue weighted by atomic mass is 9.74. The second-order valence-electron chi connectivity index (χ2n) is 6.35. The quantitative estimate of drug-likeness (QED) is 0.472. The topological polar surface area (TPSA) is 62.2 Å². The highest BCUT2D eigenvalue weighted by atomic mass is 19.1. The van der Waals surface area contributed by atoms with Crippen molar-refractivity contribution in [3.63, 3.8) is 0 Å². The van der Waals surface area contributed by atoms with Gasteiger partial charge in [-0.1, -0.05) is 12.7 Å². The summed E-state index contributed by atoms with van der Waals surface area (Å²) in [4.78, 5) is 16.3. The number of hydrogen-bond acceptors (Lipinski definition) is 3. The third-order valence-corrected chi connectivity index (χ3v) is 4.95. The molecule has 2 rings (SSSR count). The molecule has 0 unspecified atom stereocenters. The Morgan fingerprint density at radius 3 is 2.84 bits per heavy atom. The summed E-state index contributed by atoms with van der Waals surface area (Å²) in [5, 5.41) is 9.20. The van der Waals surface area contributed by atoms with Crippen LogP contribution in [0.25, 0.3) is 0 Å². The van der Waals surface area contributed by atoms with E-state index in [1.54, 1.807) is 31.6 Å². The zero-order valence-electron chi connectivity index (χ0n) is 14.4. The van der Waals surface area contributed by atoms with Gasteiger partial charge in [-0.25, -0.2) is 14.3 Å². The van der Waals surface area contributed by atoms with Crippen LogP contribution in [0, 0.1) is 11.2 Å². The van der Waals surface area contributed by atoms with Crippen molar-refractivity contribution < 1.29 is 18.8 Å². The molecule has 2 atom stereocenters. The first-order chi connectivity index (χ1) is 11.9. The van der Waals surface area contributed by atoms with Crippen LogP contribution in [0.2, 0.25) is 0 Å². The standard InChI is InChI=1S/C19H22F2N2O2/c1-4-5-17(21)12(2)13(3)19(18(24)23-25)7-6-14(9-19)15-8-16(20)11-22-10-15/h4-5,8,10-11,14,25H,3,6-7,9H2,1-2H3,(H,23,24)/b5-4-,17-12+/t14-,19-/m1/s1. The number of allylic oxidation sites excluding steroid dienone is 4. The van der Waals surface area contributed by atoms with Crippen LogP contribution in [0.1, 0.15) is 44.6 Å². The van der Waals surface area contributed by atoms with Crippen LogP contribution >= 0.6 is 0 Å². The fourth-order valence-corrected chi connectivity index (χ4v) is 3.48. The fraction of sp³-hybridized carbons (Fsp3) is 0.368. The van der Waals surface area contributed by atoms with Gasteiger partial charge in [0.25, 0.3) is 5.91 Å². The van der Waals surface area contributed by atoms with Crippen LogP contribution in [0.4, 0.5) is 8.78 Å². The molecule has 6 heteroatoms. The van der Waals surface area contributed by atoms with E-state index in [1.807, 2.05) is 0 Å². The molecule has 0 bridgehead atoms. The molecular formula is C19H22F2N2O2. The molecule has 2 N–H and O–H groups in total. The van der Waals surface area contributed by atoms with Gasteiger partial charge in [-0.15, -0.1) is 0 Å². The average molecular weight is 348 g/mol. The second kappa shape index (κ2) is 7.70. The van der Waals surface area contributed by atoms with Crippen molar-refractivity contribution in [3.8, 4) is 0 Å². The van der Waals surface area contributed by atoms with Crippen molar-refractivity contribution in [2.75, 3.05) is 0 Å². The average Bonchev–Trinajstić information content (AvgIpc) is 3.06. The lowest BCUT2D eigenvalue weighted by Gasteiger charge is -2.30. The first kappa shape index (κ1) is 19.0. The molecular weight excluding hydrogens is 326 g/mol. The van der Waals surface area contributed by atoms with Crippen molar-refractivity contribution in [2.24, 2.45) is 5.41 Å². The van der Waals surface area contributed by atoms with Crippen molar-refractivity contribution in [1.29, 1.82) is 0 Å². The molecule has 1 aromatic heterocycles. The first-order valence-corrected chi connectivity index (χ1v) is 8.09. The highest BCUT2D eigenvalue weighted by Crippen LogP contribution is 2.52. The summed E-state index contributed by atoms with van der Waals surface area (Å²) in [5.41, 5.74) is 1.80. The number of carbonyl (C=O) groups is 1. The van der Waals surface area contributed by atoms with Crippen molar-refractivity contribution in [1.82, 2.24) is 10.5 Å². The minimum atomic E-state index is -1.14. The predicted molar refractivity (Wildman–Crippen MR) is 90.9 cm³/mol. The number of rotatable bonds is 5. The maximum atomic E-state index is 14.2. The summed E-state index contributed by atoms with van der Waals surface area (Å²) in [7, 11) is 0. The van der Waals surface area contributed by atoms with E-state index < -0.39 is 23.0 Å². The molecule has 0 aliphatic heterocycles. The number of aromatic nitrogens is 1. The zero-order chi connectivity index (χ0) is 18.6. The van der Waals surface area contributed by atoms with E-state index in [4.69, 9.17) is 0 Å². The Morgan fingerprint density at radius 1 is 1.52 bits per heavy atom. The van der Waals surface area contributed by atoms with Gasteiger partial charge >= 0.3 is 0 Å². The van der Waals surface area contributed by atoms with E-state index in [0.717, 1.165) is 6.20 Å². The van der Waals surface area contributed by atoms with Crippen molar-refractivity contribution in [2.45, 2.75) is 39.0 Å². The maximum absolute atomic E-state index is 14.2. The van der Waals surface area contributed by atoms with Crippen LogP contribution in [0.5, 0.6) is 0 Å². The van der Waals surface area contributed by atoms with Crippen molar-refractivity contribution >= 4 is 5.91 Å². The summed E-state index contributed by atoms with van der Waals surface area (Å²) in [6, 6.07) is 1.39. The molecule has 0 saturated heterocycles. The molecule has 1 fully saturated rings. The Bertz CT molecular complexity index is 743. The highest BCUT2D eigenvalue weighted by Gasteiger charge is 2.48. The largest absolute Gasteiger partial charge is 0.289 e. The fourth-order valence-electron chi connectivity index (χ4n) is 3.48. The van der Waals surface area contributed by atoms with E-state index in [9.17, 15) is 18.8 Å². The van der Waals surface area contributed by atoms with E-state index in [1.165, 1.54) is 12.1 Å². The molecule has 0 radical (unpaired) electrons. The van der Waals surface area contributed by atoms with Crippen LogP contribution < -0.4 is 5.48 Å². The maximum Gasteiger partial charge on any atom is 0.253 e. The van der Waals surface area contributed by atoms with E-state index >= 15 is 0 Å². The molecule has 1 aliphatic rings. The summed E-state index contributed by atoms with van der Waals surface area (Å²) in [6.45, 7) is 7.18. The first-order valence-electron chi connectivity index (χ1n) is 8.09. The van der Waals surface area contributed by atoms with E-state index in [-0.39, 0.29) is 11.5 Å². The third kappa shape index (κ3) is 3.69. The Kier molecular flexibility index (Phi) is 5.85. The van der Waals surface area contributed by atoms with Crippen LogP contribution in [-0.2, 0) is 4.79 Å². The highest BCUT2D eigenvalue weighted by molar-refractivity contribution is 5.86. The van der Waals surface area contributed by atoms with Gasteiger partial charge in [0.15, 0.2) is 0 Å². The summed E-state index contributed by atoms with van der Waals surface area (Å²) in [5.74, 6) is -1.68. The SMILES string of the molecule is C=C(/C(C)=C(F)\C=C/C)[C@@]1(C(=O)NO)CC[C@@H](c2cncc(F)c2)C1. The number of amides is 1. The number of nitrogens with zero attached hydrogens (tertiary/aromatic N) is 1. The molecule has 0 aromatic carbocycles. The van der Waals surface area contributed by atoms with Crippen LogP contribution in [0.15, 0.2) is 54.2 Å². The number of pyridine rings is 1. The minimum Gasteiger partial charge on any atom is -0.289 e. The molecule has 1 heterocycles. The molecule has 1 aliphatic carbocycles. The predicted octanol–water partition coefficient (Wildman–Crippen LogP) is 4.36. The lowest BCUT2D eigenvalue weighted by molar-refractivity contribution is -0.137. The van der Waals surface area contributed by atoms with Crippen molar-refractivity contribution in [3.05, 3.63) is 65.5 Å². The second-order valence-corrected chi connectivity index (χ2v) is 6.35. The molecule has 134 valence electrons. The number of hydroxylamine groups is 1. The number of carbonyl (C=O) groups excluding carboxylic acids is 1. The molecule has 25 heavy (non-hydrogen) atoms. The number of hydrogen-bond donors (Lipinski definition) is 2. The Balaban J connectivity index is 2.39. The summed E-state index contributed by atoms with van der Waals surface area (Å²) < 4.78 is 27.6. The smallest absolute Gasteiger partial charge is 0.253 e. The molecule has 1 aromatic rings. The third-order valence-electron chi connectivity index (χ3n) is 4.95. The number of nitrogens with one attached hydrogen (secondary N) is 1. The lowest BCUT2D eigenvalue weighted by Crippen LogP contribution is -2.39. The normalized spacial score (nSPS) is 24.3. The Labute approximate surface area is 145 Å². The summed E-state index contributed by atoms with van der Waals surface area (Å²) >= 11 is 0. The Morgan fingerprint density at radius 2 is 2.24 bits per heavy atom. The van der Waals surface area contributed by atoms with Gasteiger partial charge in [-0.3, -0.25) is 15.0 Å². The van der Waals surface area contributed by atoms with Gasteiger partial charge in [0.1, 0.15) is 11.6 Å². The Hall–Kier alpha value is -2.34. The van der Waals surface area contributed by atoms with Gasteiger partial charge in [0, 0.05) is 6.20 Å².